The van der Waals surface area contributed by atoms with Gasteiger partial charge in [-0.05, 0) is 13.0 Å². The molecule has 0 spiro atoms. The first-order valence-corrected chi connectivity index (χ1v) is 12.4. The van der Waals surface area contributed by atoms with Crippen LogP contribution >= 0.6 is 0 Å². The van der Waals surface area contributed by atoms with Crippen molar-refractivity contribution in [3.05, 3.63) is 64.9 Å². The lowest BCUT2D eigenvalue weighted by atomic mass is 9.86. The lowest BCUT2D eigenvalue weighted by Gasteiger charge is -2.42. The Bertz CT molecular complexity index is 1240. The molecule has 0 amide bonds. The van der Waals surface area contributed by atoms with Crippen molar-refractivity contribution < 1.29 is 36.2 Å². The standard InChI is InChI=1S/C27H29F5N2O3/c1-16-8-23-24(19-4-2-3-5-22(19)37-23)26(34(16)14-27(31,32)15-35)25-20(29)9-18(10-21(25)30)36-7-6-33-12-17(11-28)13-33/h2-5,9-10,16-17,26,35H,6-8,11-15H2,1H3. The Morgan fingerprint density at radius 2 is 1.81 bits per heavy atom. The highest BCUT2D eigenvalue weighted by Crippen LogP contribution is 2.46. The van der Waals surface area contributed by atoms with Crippen molar-refractivity contribution in [3.63, 3.8) is 0 Å². The SMILES string of the molecule is CC1Cc2oc3ccccc3c2C(c2c(F)cc(OCCN3CC(CF)C3)cc2F)N1CC(F)(F)CO. The molecule has 5 rings (SSSR count). The number of ether oxygens (including phenoxy) is 1. The molecule has 1 fully saturated rings. The summed E-state index contributed by atoms with van der Waals surface area (Å²) in [4.78, 5) is 3.31. The molecule has 2 atom stereocenters. The highest BCUT2D eigenvalue weighted by Gasteiger charge is 2.44. The normalized spacial score (nSPS) is 21.3. The van der Waals surface area contributed by atoms with Gasteiger partial charge in [0, 0.05) is 66.7 Å². The number of likely N-dealkylation sites (tertiary alicyclic amines) is 1. The fourth-order valence-electron chi connectivity index (χ4n) is 5.40. The molecule has 2 aromatic carbocycles. The molecule has 1 N–H and O–H groups in total. The van der Waals surface area contributed by atoms with E-state index in [0.717, 1.165) is 12.1 Å². The Morgan fingerprint density at radius 3 is 2.49 bits per heavy atom. The molecule has 2 aliphatic heterocycles. The zero-order valence-electron chi connectivity index (χ0n) is 20.4. The van der Waals surface area contributed by atoms with E-state index in [0.29, 0.717) is 41.9 Å². The molecule has 2 aliphatic rings. The molecule has 0 aliphatic carbocycles. The van der Waals surface area contributed by atoms with E-state index < -0.39 is 42.8 Å². The first kappa shape index (κ1) is 25.9. The van der Waals surface area contributed by atoms with E-state index in [2.05, 4.69) is 0 Å². The summed E-state index contributed by atoms with van der Waals surface area (Å²) in [6, 6.07) is 7.34. The van der Waals surface area contributed by atoms with E-state index in [1.165, 1.54) is 4.90 Å². The number of rotatable bonds is 9. The zero-order chi connectivity index (χ0) is 26.3. The fraction of sp³-hybridized carbons (Fsp3) is 0.481. The van der Waals surface area contributed by atoms with Gasteiger partial charge in [0.15, 0.2) is 0 Å². The van der Waals surface area contributed by atoms with E-state index in [9.17, 15) is 18.3 Å². The van der Waals surface area contributed by atoms with Gasteiger partial charge in [-0.25, -0.2) is 17.6 Å². The Labute approximate surface area is 211 Å². The second-order valence-corrected chi connectivity index (χ2v) is 10.0. The minimum Gasteiger partial charge on any atom is -0.492 e. The molecule has 5 nitrogen and oxygen atoms in total. The van der Waals surface area contributed by atoms with Gasteiger partial charge in [-0.2, -0.15) is 0 Å². The predicted octanol–water partition coefficient (Wildman–Crippen LogP) is 4.95. The molecule has 3 aromatic rings. The van der Waals surface area contributed by atoms with Crippen molar-refractivity contribution in [2.75, 3.05) is 46.1 Å². The summed E-state index contributed by atoms with van der Waals surface area (Å²) in [6.45, 7) is 0.952. The number of benzene rings is 2. The largest absolute Gasteiger partial charge is 0.492 e. The number of halogens is 5. The predicted molar refractivity (Wildman–Crippen MR) is 128 cm³/mol. The summed E-state index contributed by atoms with van der Waals surface area (Å²) >= 11 is 0. The third-order valence-corrected chi connectivity index (χ3v) is 7.26. The van der Waals surface area contributed by atoms with E-state index in [1.54, 1.807) is 31.2 Å². The van der Waals surface area contributed by atoms with Gasteiger partial charge in [0.05, 0.1) is 19.3 Å². The summed E-state index contributed by atoms with van der Waals surface area (Å²) < 4.78 is 84.2. The van der Waals surface area contributed by atoms with Crippen LogP contribution < -0.4 is 4.74 Å². The van der Waals surface area contributed by atoms with E-state index in [-0.39, 0.29) is 36.9 Å². The Kier molecular flexibility index (Phi) is 7.17. The van der Waals surface area contributed by atoms with Crippen LogP contribution in [0.1, 0.15) is 29.9 Å². The maximum atomic E-state index is 15.6. The molecule has 0 saturated carbocycles. The topological polar surface area (TPSA) is 49.1 Å². The van der Waals surface area contributed by atoms with Crippen molar-refractivity contribution in [2.45, 2.75) is 31.4 Å². The van der Waals surface area contributed by atoms with Crippen LogP contribution in [-0.2, 0) is 6.42 Å². The lowest BCUT2D eigenvalue weighted by Crippen LogP contribution is -2.49. The molecular weight excluding hydrogens is 495 g/mol. The van der Waals surface area contributed by atoms with Gasteiger partial charge in [-0.1, -0.05) is 18.2 Å². The quantitative estimate of drug-likeness (QED) is 0.402. The van der Waals surface area contributed by atoms with Crippen molar-refractivity contribution in [3.8, 4) is 5.75 Å². The summed E-state index contributed by atoms with van der Waals surface area (Å²) in [7, 11) is 0. The van der Waals surface area contributed by atoms with Gasteiger partial charge < -0.3 is 14.3 Å². The molecular formula is C27H29F5N2O3. The molecule has 1 aromatic heterocycles. The van der Waals surface area contributed by atoms with Gasteiger partial charge >= 0.3 is 0 Å². The van der Waals surface area contributed by atoms with E-state index in [1.807, 2.05) is 4.90 Å². The van der Waals surface area contributed by atoms with E-state index >= 15 is 8.78 Å². The second-order valence-electron chi connectivity index (χ2n) is 10.0. The van der Waals surface area contributed by atoms with Crippen LogP contribution in [0.15, 0.2) is 40.8 Å². The molecule has 2 unspecified atom stereocenters. The molecule has 1 saturated heterocycles. The number of aliphatic hydroxyl groups is 1. The van der Waals surface area contributed by atoms with Gasteiger partial charge in [-0.15, -0.1) is 0 Å². The van der Waals surface area contributed by atoms with Crippen LogP contribution in [0, 0.1) is 17.6 Å². The summed E-state index contributed by atoms with van der Waals surface area (Å²) in [5, 5.41) is 9.82. The molecule has 0 bridgehead atoms. The number of fused-ring (bicyclic) bond motifs is 3. The van der Waals surface area contributed by atoms with Crippen LogP contribution in [0.4, 0.5) is 22.0 Å². The first-order valence-electron chi connectivity index (χ1n) is 12.4. The summed E-state index contributed by atoms with van der Waals surface area (Å²) in [5.41, 5.74) is 0.560. The van der Waals surface area contributed by atoms with Gasteiger partial charge in [0.1, 0.15) is 41.9 Å². The summed E-state index contributed by atoms with van der Waals surface area (Å²) in [5.74, 6) is -4.83. The Hall–Kier alpha value is -2.69. The number of para-hydroxylation sites is 1. The molecule has 0 radical (unpaired) electrons. The average molecular weight is 525 g/mol. The lowest BCUT2D eigenvalue weighted by molar-refractivity contribution is -0.0871. The van der Waals surface area contributed by atoms with Gasteiger partial charge in [0.2, 0.25) is 0 Å². The minimum absolute atomic E-state index is 0.0188. The Balaban J connectivity index is 1.49. The highest BCUT2D eigenvalue weighted by atomic mass is 19.3. The minimum atomic E-state index is -3.47. The first-order chi connectivity index (χ1) is 17.7. The maximum Gasteiger partial charge on any atom is 0.283 e. The number of hydrogen-bond donors (Lipinski definition) is 1. The Morgan fingerprint density at radius 1 is 1.11 bits per heavy atom. The van der Waals surface area contributed by atoms with Crippen LogP contribution in [0.25, 0.3) is 11.0 Å². The summed E-state index contributed by atoms with van der Waals surface area (Å²) in [6.07, 6.45) is 0.270. The molecule has 10 heteroatoms. The van der Waals surface area contributed by atoms with Crippen molar-refractivity contribution in [1.82, 2.24) is 9.80 Å². The number of nitrogens with zero attached hydrogens (tertiary/aromatic N) is 2. The monoisotopic (exact) mass is 524 g/mol. The van der Waals surface area contributed by atoms with Gasteiger partial charge in [0.25, 0.3) is 5.92 Å². The van der Waals surface area contributed by atoms with Gasteiger partial charge in [-0.3, -0.25) is 14.2 Å². The second kappa shape index (κ2) is 10.2. The molecule has 200 valence electrons. The maximum absolute atomic E-state index is 15.6. The third-order valence-electron chi connectivity index (χ3n) is 7.26. The smallest absolute Gasteiger partial charge is 0.283 e. The number of alkyl halides is 3. The van der Waals surface area contributed by atoms with Crippen molar-refractivity contribution in [1.29, 1.82) is 0 Å². The fourth-order valence-corrected chi connectivity index (χ4v) is 5.40. The van der Waals surface area contributed by atoms with Crippen molar-refractivity contribution >= 4 is 11.0 Å². The van der Waals surface area contributed by atoms with Crippen LogP contribution in [-0.4, -0.2) is 72.9 Å². The van der Waals surface area contributed by atoms with Crippen LogP contribution in [0.5, 0.6) is 5.75 Å². The number of furan rings is 1. The van der Waals surface area contributed by atoms with Crippen molar-refractivity contribution in [2.24, 2.45) is 5.92 Å². The zero-order valence-corrected chi connectivity index (χ0v) is 20.4. The number of hydrogen-bond acceptors (Lipinski definition) is 5. The van der Waals surface area contributed by atoms with Crippen LogP contribution in [0.3, 0.4) is 0 Å². The van der Waals surface area contributed by atoms with E-state index in [4.69, 9.17) is 9.15 Å². The molecule has 3 heterocycles. The number of aliphatic hydroxyl groups excluding tert-OH is 1. The average Bonchev–Trinajstić information content (AvgIpc) is 3.19. The molecule has 37 heavy (non-hydrogen) atoms. The van der Waals surface area contributed by atoms with Crippen LogP contribution in [0.2, 0.25) is 0 Å². The third kappa shape index (κ3) is 5.06. The highest BCUT2D eigenvalue weighted by molar-refractivity contribution is 5.83.